The summed E-state index contributed by atoms with van der Waals surface area (Å²) in [6.07, 6.45) is 5.64. The van der Waals surface area contributed by atoms with E-state index in [9.17, 15) is 8.42 Å². The fraction of sp³-hybridized carbons (Fsp3) is 0.269. The molecule has 4 aromatic rings. The molecule has 1 aliphatic carbocycles. The summed E-state index contributed by atoms with van der Waals surface area (Å²) in [4.78, 5) is 4.25. The third kappa shape index (κ3) is 4.33. The van der Waals surface area contributed by atoms with E-state index in [0.717, 1.165) is 35.0 Å². The molecular formula is C26H28N4O3S. The Morgan fingerprint density at radius 1 is 1.12 bits per heavy atom. The van der Waals surface area contributed by atoms with Crippen LogP contribution < -0.4 is 15.2 Å². The number of nitrogens with one attached hydrogen (secondary N) is 1. The molecule has 0 amide bonds. The lowest BCUT2D eigenvalue weighted by atomic mass is 9.92. The van der Waals surface area contributed by atoms with Crippen LogP contribution in [0.4, 0.5) is 11.4 Å². The van der Waals surface area contributed by atoms with Crippen LogP contribution in [0, 0.1) is 0 Å². The van der Waals surface area contributed by atoms with Crippen molar-refractivity contribution in [1.29, 1.82) is 0 Å². The van der Waals surface area contributed by atoms with Gasteiger partial charge in [-0.25, -0.2) is 13.4 Å². The van der Waals surface area contributed by atoms with Gasteiger partial charge in [-0.1, -0.05) is 25.1 Å². The predicted molar refractivity (Wildman–Crippen MR) is 137 cm³/mol. The van der Waals surface area contributed by atoms with Crippen LogP contribution in [0.3, 0.4) is 0 Å². The maximum Gasteiger partial charge on any atom is 0.232 e. The van der Waals surface area contributed by atoms with Crippen molar-refractivity contribution in [2.24, 2.45) is 0 Å². The second-order valence-corrected chi connectivity index (χ2v) is 10.5. The number of sulfonamides is 1. The van der Waals surface area contributed by atoms with Crippen LogP contribution in [0.2, 0.25) is 0 Å². The number of pyridine rings is 1. The average molecular weight is 477 g/mol. The zero-order valence-corrected chi connectivity index (χ0v) is 19.9. The van der Waals surface area contributed by atoms with Gasteiger partial charge in [-0.15, -0.1) is 0 Å². The Balaban J connectivity index is 1.54. The molecule has 0 spiro atoms. The Bertz CT molecular complexity index is 1410. The largest absolute Gasteiger partial charge is 0.439 e. The van der Waals surface area contributed by atoms with Crippen molar-refractivity contribution in [3.8, 4) is 22.9 Å². The van der Waals surface area contributed by atoms with Crippen molar-refractivity contribution in [1.82, 2.24) is 9.55 Å². The number of nitrogens with two attached hydrogens (primary N) is 1. The van der Waals surface area contributed by atoms with E-state index in [2.05, 4.69) is 14.3 Å². The van der Waals surface area contributed by atoms with Crippen molar-refractivity contribution in [2.45, 2.75) is 38.6 Å². The van der Waals surface area contributed by atoms with Gasteiger partial charge in [-0.3, -0.25) is 4.72 Å². The molecule has 2 heterocycles. The number of rotatable bonds is 8. The molecule has 0 radical (unpaired) electrons. The molecule has 0 aliphatic heterocycles. The molecule has 2 aromatic carbocycles. The van der Waals surface area contributed by atoms with Gasteiger partial charge in [0.05, 0.1) is 22.7 Å². The zero-order valence-electron chi connectivity index (χ0n) is 19.1. The van der Waals surface area contributed by atoms with Gasteiger partial charge >= 0.3 is 0 Å². The second-order valence-electron chi connectivity index (χ2n) is 8.66. The summed E-state index contributed by atoms with van der Waals surface area (Å²) in [5.74, 6) is 1.34. The highest BCUT2D eigenvalue weighted by molar-refractivity contribution is 7.92. The van der Waals surface area contributed by atoms with Crippen molar-refractivity contribution in [3.63, 3.8) is 0 Å². The predicted octanol–water partition coefficient (Wildman–Crippen LogP) is 5.95. The summed E-state index contributed by atoms with van der Waals surface area (Å²) in [6, 6.07) is 19.3. The molecule has 5 rings (SSSR count). The summed E-state index contributed by atoms with van der Waals surface area (Å²) in [6.45, 7) is 1.84. The quantitative estimate of drug-likeness (QED) is 0.327. The Morgan fingerprint density at radius 2 is 1.91 bits per heavy atom. The molecule has 0 saturated heterocycles. The van der Waals surface area contributed by atoms with Crippen molar-refractivity contribution >= 4 is 32.3 Å². The number of nitrogen functional groups attached to an aromatic ring is 1. The molecule has 7 nitrogen and oxygen atoms in total. The topological polar surface area (TPSA) is 99.2 Å². The van der Waals surface area contributed by atoms with Crippen molar-refractivity contribution < 1.29 is 13.2 Å². The third-order valence-corrected chi connectivity index (χ3v) is 7.71. The first-order valence-corrected chi connectivity index (χ1v) is 13.2. The maximum absolute atomic E-state index is 12.1. The number of aromatic nitrogens is 2. The number of ether oxygens (including phenoxy) is 1. The fourth-order valence-corrected chi connectivity index (χ4v) is 5.56. The van der Waals surface area contributed by atoms with E-state index in [1.165, 1.54) is 6.42 Å². The number of benzene rings is 2. The van der Waals surface area contributed by atoms with Gasteiger partial charge in [0.25, 0.3) is 0 Å². The average Bonchev–Trinajstić information content (AvgIpc) is 3.05. The number of fused-ring (bicyclic) bond motifs is 1. The summed E-state index contributed by atoms with van der Waals surface area (Å²) >= 11 is 0. The Kier molecular flexibility index (Phi) is 5.91. The van der Waals surface area contributed by atoms with Crippen LogP contribution in [-0.2, 0) is 10.0 Å². The molecule has 1 saturated carbocycles. The smallest absolute Gasteiger partial charge is 0.232 e. The van der Waals surface area contributed by atoms with Crippen LogP contribution in [0.15, 0.2) is 66.9 Å². The summed E-state index contributed by atoms with van der Waals surface area (Å²) in [5, 5.41) is 0.975. The number of hydrogen-bond donors (Lipinski definition) is 2. The first-order chi connectivity index (χ1) is 16.4. The van der Waals surface area contributed by atoms with E-state index < -0.39 is 10.0 Å². The lowest BCUT2D eigenvalue weighted by Crippen LogP contribution is -2.18. The lowest BCUT2D eigenvalue weighted by molar-refractivity contribution is 0.324. The highest BCUT2D eigenvalue weighted by Crippen LogP contribution is 2.45. The zero-order chi connectivity index (χ0) is 23.7. The van der Waals surface area contributed by atoms with Crippen LogP contribution in [0.1, 0.15) is 38.6 Å². The summed E-state index contributed by atoms with van der Waals surface area (Å²) in [7, 11) is -3.34. The Hall–Kier alpha value is -3.52. The number of hydrogen-bond acceptors (Lipinski definition) is 5. The molecule has 1 fully saturated rings. The normalized spacial score (nSPS) is 14.1. The molecule has 0 unspecified atom stereocenters. The molecule has 1 aliphatic rings. The lowest BCUT2D eigenvalue weighted by Gasteiger charge is -2.30. The first kappa shape index (κ1) is 22.3. The van der Waals surface area contributed by atoms with Crippen LogP contribution in [0.25, 0.3) is 22.2 Å². The Labute approximate surface area is 199 Å². The van der Waals surface area contributed by atoms with E-state index in [1.807, 2.05) is 55.5 Å². The summed E-state index contributed by atoms with van der Waals surface area (Å²) < 4.78 is 35.2. The Morgan fingerprint density at radius 3 is 2.56 bits per heavy atom. The summed E-state index contributed by atoms with van der Waals surface area (Å²) in [5.41, 5.74) is 10.9. The molecular weight excluding hydrogens is 448 g/mol. The van der Waals surface area contributed by atoms with Gasteiger partial charge in [0, 0.05) is 41.0 Å². The molecule has 176 valence electrons. The van der Waals surface area contributed by atoms with Gasteiger partial charge in [-0.05, 0) is 56.0 Å². The van der Waals surface area contributed by atoms with E-state index in [-0.39, 0.29) is 5.75 Å². The van der Waals surface area contributed by atoms with Crippen molar-refractivity contribution in [2.75, 3.05) is 16.2 Å². The van der Waals surface area contributed by atoms with Gasteiger partial charge < -0.3 is 15.0 Å². The highest BCUT2D eigenvalue weighted by atomic mass is 32.2. The minimum atomic E-state index is -3.34. The van der Waals surface area contributed by atoms with Crippen LogP contribution in [-0.4, -0.2) is 23.7 Å². The molecule has 8 heteroatoms. The minimum Gasteiger partial charge on any atom is -0.439 e. The number of anilines is 2. The number of nitrogens with zero attached hydrogens (tertiary/aromatic N) is 2. The van der Waals surface area contributed by atoms with Gasteiger partial charge in [0.15, 0.2) is 0 Å². The second kappa shape index (κ2) is 9.02. The van der Waals surface area contributed by atoms with Gasteiger partial charge in [0.1, 0.15) is 5.75 Å². The minimum absolute atomic E-state index is 0.0977. The van der Waals surface area contributed by atoms with E-state index in [0.29, 0.717) is 35.5 Å². The standard InChI is InChI=1S/C26H28N4O3S/c1-2-16-34(31,32)29-19-11-9-18(10-12-19)26-25(27)22-14-13-21(33-24-8-3-4-15-28-24)17-23(22)30(26)20-6-5-7-20/h3-4,8-15,17,20,29H,2,5-7,16,27H2,1H3. The van der Waals surface area contributed by atoms with Gasteiger partial charge in [-0.2, -0.15) is 0 Å². The maximum atomic E-state index is 12.1. The molecule has 0 bridgehead atoms. The molecule has 3 N–H and O–H groups in total. The van der Waals surface area contributed by atoms with E-state index in [4.69, 9.17) is 10.5 Å². The monoisotopic (exact) mass is 476 g/mol. The molecule has 0 atom stereocenters. The third-order valence-electron chi connectivity index (χ3n) is 6.22. The highest BCUT2D eigenvalue weighted by Gasteiger charge is 2.27. The van der Waals surface area contributed by atoms with Crippen molar-refractivity contribution in [3.05, 3.63) is 66.9 Å². The van der Waals surface area contributed by atoms with Crippen LogP contribution in [0.5, 0.6) is 11.6 Å². The first-order valence-electron chi connectivity index (χ1n) is 11.6. The molecule has 34 heavy (non-hydrogen) atoms. The van der Waals surface area contributed by atoms with Gasteiger partial charge in [0.2, 0.25) is 15.9 Å². The fourth-order valence-electron chi connectivity index (χ4n) is 4.42. The van der Waals surface area contributed by atoms with E-state index >= 15 is 0 Å². The van der Waals surface area contributed by atoms with E-state index in [1.54, 1.807) is 18.3 Å². The molecule has 2 aromatic heterocycles. The SMILES string of the molecule is CCCS(=O)(=O)Nc1ccc(-c2c(N)c3ccc(Oc4ccccn4)cc3n2C2CCC2)cc1. The van der Waals surface area contributed by atoms with Crippen LogP contribution >= 0.6 is 0 Å².